The van der Waals surface area contributed by atoms with Gasteiger partial charge in [0.15, 0.2) is 5.78 Å². The third-order valence-electron chi connectivity index (χ3n) is 6.28. The van der Waals surface area contributed by atoms with Crippen LogP contribution in [0.15, 0.2) is 30.3 Å². The molecule has 2 aliphatic rings. The summed E-state index contributed by atoms with van der Waals surface area (Å²) in [6, 6.07) is 10.6. The minimum Gasteiger partial charge on any atom is -1.00 e. The van der Waals surface area contributed by atoms with Crippen LogP contribution in [0.5, 0.6) is 0 Å². The van der Waals surface area contributed by atoms with E-state index in [4.69, 9.17) is 0 Å². The fourth-order valence-corrected chi connectivity index (χ4v) is 4.65. The van der Waals surface area contributed by atoms with Crippen molar-refractivity contribution in [1.82, 2.24) is 0 Å². The van der Waals surface area contributed by atoms with Crippen molar-refractivity contribution in [2.75, 3.05) is 27.2 Å². The normalized spacial score (nSPS) is 27.5. The molecule has 1 saturated heterocycles. The summed E-state index contributed by atoms with van der Waals surface area (Å²) in [7, 11) is 4.38. The Kier molecular flexibility index (Phi) is 6.66. The van der Waals surface area contributed by atoms with Crippen molar-refractivity contribution in [3.63, 3.8) is 0 Å². The second-order valence-electron chi connectivity index (χ2n) is 8.48. The molecule has 3 rings (SSSR count). The summed E-state index contributed by atoms with van der Waals surface area (Å²) in [5.41, 5.74) is 1.05. The molecular weight excluding hydrogens is 362 g/mol. The molecule has 0 radical (unpaired) electrons. The van der Waals surface area contributed by atoms with Crippen LogP contribution in [0.3, 0.4) is 0 Å². The topological polar surface area (TPSA) is 17.1 Å². The third kappa shape index (κ3) is 4.29. The molecule has 1 heterocycles. The van der Waals surface area contributed by atoms with Gasteiger partial charge in [-0.3, -0.25) is 4.79 Å². The number of hydrogen-bond donors (Lipinski definition) is 0. The Morgan fingerprint density at radius 2 is 1.75 bits per heavy atom. The highest BCUT2D eigenvalue weighted by Crippen LogP contribution is 2.41. The molecule has 0 spiro atoms. The lowest BCUT2D eigenvalue weighted by Crippen LogP contribution is -3.00. The average molecular weight is 394 g/mol. The maximum Gasteiger partial charge on any atom is 0.197 e. The van der Waals surface area contributed by atoms with E-state index in [-0.39, 0.29) is 22.4 Å². The molecular formula is C21H32BrNO. The van der Waals surface area contributed by atoms with Gasteiger partial charge in [-0.05, 0) is 24.3 Å². The van der Waals surface area contributed by atoms with Crippen LogP contribution in [0.1, 0.15) is 56.9 Å². The number of likely N-dealkylation sites (tertiary alicyclic amines) is 1. The number of carbonyl (C=O) groups excluding carboxylic acids is 1. The molecule has 24 heavy (non-hydrogen) atoms. The molecule has 1 atom stereocenters. The first-order valence-electron chi connectivity index (χ1n) is 9.43. The zero-order chi connectivity index (χ0) is 16.3. The van der Waals surface area contributed by atoms with Crippen LogP contribution < -0.4 is 17.0 Å². The molecule has 2 fully saturated rings. The van der Waals surface area contributed by atoms with Crippen LogP contribution in [0, 0.1) is 5.92 Å². The molecule has 0 amide bonds. The van der Waals surface area contributed by atoms with Gasteiger partial charge >= 0.3 is 0 Å². The van der Waals surface area contributed by atoms with E-state index in [1.165, 1.54) is 44.1 Å². The summed E-state index contributed by atoms with van der Waals surface area (Å²) in [5.74, 6) is 1.32. The van der Waals surface area contributed by atoms with Crippen molar-refractivity contribution in [3.05, 3.63) is 35.9 Å². The van der Waals surface area contributed by atoms with E-state index in [1.54, 1.807) is 0 Å². The van der Waals surface area contributed by atoms with E-state index >= 15 is 0 Å². The lowest BCUT2D eigenvalue weighted by atomic mass is 9.67. The molecule has 1 saturated carbocycles. The third-order valence-corrected chi connectivity index (χ3v) is 6.28. The summed E-state index contributed by atoms with van der Waals surface area (Å²) in [6.45, 7) is 1.78. The molecule has 1 aromatic rings. The van der Waals surface area contributed by atoms with Crippen LogP contribution in [0.2, 0.25) is 0 Å². The Labute approximate surface area is 158 Å². The van der Waals surface area contributed by atoms with Crippen LogP contribution in [0.25, 0.3) is 0 Å². The van der Waals surface area contributed by atoms with Crippen LogP contribution in [0.4, 0.5) is 0 Å². The molecule has 1 aliphatic heterocycles. The lowest BCUT2D eigenvalue weighted by molar-refractivity contribution is -0.886. The Hall–Kier alpha value is -0.670. The van der Waals surface area contributed by atoms with Crippen LogP contribution in [-0.4, -0.2) is 37.5 Å². The molecule has 0 N–H and O–H groups in total. The molecule has 2 nitrogen and oxygen atoms in total. The number of carbonyl (C=O) groups is 1. The molecule has 1 aromatic carbocycles. The summed E-state index contributed by atoms with van der Waals surface area (Å²) in [4.78, 5) is 13.2. The maximum absolute atomic E-state index is 13.2. The largest absolute Gasteiger partial charge is 1.00 e. The first-order valence-corrected chi connectivity index (χ1v) is 9.43. The second kappa shape index (κ2) is 8.14. The van der Waals surface area contributed by atoms with Gasteiger partial charge in [0.2, 0.25) is 0 Å². The Morgan fingerprint density at radius 3 is 2.38 bits per heavy atom. The fourth-order valence-electron chi connectivity index (χ4n) is 4.65. The predicted molar refractivity (Wildman–Crippen MR) is 95.4 cm³/mol. The zero-order valence-corrected chi connectivity index (χ0v) is 16.9. The number of benzene rings is 1. The molecule has 134 valence electrons. The van der Waals surface area contributed by atoms with E-state index in [0.717, 1.165) is 29.8 Å². The highest BCUT2D eigenvalue weighted by Gasteiger charge is 2.47. The summed E-state index contributed by atoms with van der Waals surface area (Å²) in [6.07, 6.45) is 10.2. The van der Waals surface area contributed by atoms with Gasteiger partial charge < -0.3 is 21.5 Å². The predicted octanol–water partition coefficient (Wildman–Crippen LogP) is 1.34. The number of Topliss-reactive ketones (excluding diaryl/α,β-unsaturated/α-hetero) is 1. The number of nitrogens with zero attached hydrogens (tertiary/aromatic N) is 1. The van der Waals surface area contributed by atoms with Gasteiger partial charge in [0, 0.05) is 6.42 Å². The fraction of sp³-hybridized carbons (Fsp3) is 0.667. The number of quaternary nitrogens is 1. The number of rotatable bonds is 4. The van der Waals surface area contributed by atoms with Gasteiger partial charge in [-0.25, -0.2) is 0 Å². The quantitative estimate of drug-likeness (QED) is 0.705. The molecule has 3 heteroatoms. The number of piperidine rings is 1. The minimum atomic E-state index is -0.216. The maximum atomic E-state index is 13.2. The smallest absolute Gasteiger partial charge is 0.197 e. The van der Waals surface area contributed by atoms with E-state index in [1.807, 2.05) is 0 Å². The van der Waals surface area contributed by atoms with Gasteiger partial charge in [0.1, 0.15) is 6.54 Å². The van der Waals surface area contributed by atoms with Crippen molar-refractivity contribution in [2.24, 2.45) is 5.92 Å². The Morgan fingerprint density at radius 1 is 1.08 bits per heavy atom. The lowest BCUT2D eigenvalue weighted by Gasteiger charge is -2.44. The first-order chi connectivity index (χ1) is 11.0. The standard InChI is InChI=1S/C21H32NO.BrH/c1-22(2)16-15-21(20(23)17-22,19-11-7-4-8-12-19)14-13-18-9-5-3-6-10-18;/h4,7-8,11-12,18H,3,5-6,9-10,13-17H2,1-2H3;1H/q+1;/p-1. The average Bonchev–Trinajstić information content (AvgIpc) is 2.56. The van der Waals surface area contributed by atoms with E-state index in [2.05, 4.69) is 44.4 Å². The van der Waals surface area contributed by atoms with Crippen LogP contribution >= 0.6 is 0 Å². The SMILES string of the molecule is C[N+]1(C)CCC(CCC2CCCCC2)(c2ccccc2)C(=O)C1.[Br-]. The van der Waals surface area contributed by atoms with E-state index < -0.39 is 0 Å². The van der Waals surface area contributed by atoms with Crippen LogP contribution in [-0.2, 0) is 10.2 Å². The molecule has 1 unspecified atom stereocenters. The number of hydrogen-bond acceptors (Lipinski definition) is 1. The summed E-state index contributed by atoms with van der Waals surface area (Å²) >= 11 is 0. The number of ketones is 1. The van der Waals surface area contributed by atoms with E-state index in [0.29, 0.717) is 12.3 Å². The minimum absolute atomic E-state index is 0. The Bertz CT molecular complexity index is 536. The van der Waals surface area contributed by atoms with E-state index in [9.17, 15) is 4.79 Å². The highest BCUT2D eigenvalue weighted by atomic mass is 79.9. The van der Waals surface area contributed by atoms with Gasteiger partial charge in [-0.1, -0.05) is 62.4 Å². The number of halogens is 1. The monoisotopic (exact) mass is 393 g/mol. The van der Waals surface area contributed by atoms with Crippen molar-refractivity contribution in [2.45, 2.75) is 56.8 Å². The van der Waals surface area contributed by atoms with Crippen molar-refractivity contribution < 1.29 is 26.3 Å². The van der Waals surface area contributed by atoms with Gasteiger partial charge in [-0.15, -0.1) is 0 Å². The second-order valence-corrected chi connectivity index (χ2v) is 8.48. The van der Waals surface area contributed by atoms with Crippen molar-refractivity contribution in [1.29, 1.82) is 0 Å². The Balaban J connectivity index is 0.00000208. The summed E-state index contributed by atoms with van der Waals surface area (Å²) < 4.78 is 0.844. The number of likely N-dealkylation sites (N-methyl/N-ethyl adjacent to an activating group) is 1. The zero-order valence-electron chi connectivity index (χ0n) is 15.3. The molecule has 1 aliphatic carbocycles. The molecule has 0 aromatic heterocycles. The molecule has 0 bridgehead atoms. The van der Waals surface area contributed by atoms with Crippen molar-refractivity contribution >= 4 is 5.78 Å². The van der Waals surface area contributed by atoms with Gasteiger partial charge in [-0.2, -0.15) is 0 Å². The van der Waals surface area contributed by atoms with Crippen molar-refractivity contribution in [3.8, 4) is 0 Å². The first kappa shape index (κ1) is 19.7. The highest BCUT2D eigenvalue weighted by molar-refractivity contribution is 5.91. The van der Waals surface area contributed by atoms with Gasteiger partial charge in [0.05, 0.1) is 26.1 Å². The van der Waals surface area contributed by atoms with Gasteiger partial charge in [0.25, 0.3) is 0 Å². The summed E-state index contributed by atoms with van der Waals surface area (Å²) in [5, 5.41) is 0.